The average Bonchev–Trinajstić information content (AvgIpc) is 3.47. The molecule has 6 heteroatoms. The van der Waals surface area contributed by atoms with E-state index in [-0.39, 0.29) is 31.6 Å². The molecule has 0 atom stereocenters. The molecule has 0 bridgehead atoms. The number of ketones is 1. The van der Waals surface area contributed by atoms with Crippen LogP contribution in [0.3, 0.4) is 0 Å². The molecule has 2 aliphatic rings. The summed E-state index contributed by atoms with van der Waals surface area (Å²) in [6, 6.07) is 36.7. The van der Waals surface area contributed by atoms with E-state index >= 15 is 0 Å². The molecular formula is C34H19IrN2O3-. The fourth-order valence-corrected chi connectivity index (χ4v) is 5.42. The van der Waals surface area contributed by atoms with Crippen LogP contribution in [-0.4, -0.2) is 26.8 Å². The van der Waals surface area contributed by atoms with Crippen LogP contribution in [0.1, 0.15) is 26.4 Å². The Hall–Kier alpha value is -4.77. The summed E-state index contributed by atoms with van der Waals surface area (Å²) >= 11 is 0. The molecule has 4 aromatic carbocycles. The molecule has 0 saturated carbocycles. The zero-order valence-electron chi connectivity index (χ0n) is 20.9. The van der Waals surface area contributed by atoms with Crippen LogP contribution < -0.4 is 0 Å². The van der Waals surface area contributed by atoms with Crippen molar-refractivity contribution in [2.45, 2.75) is 0 Å². The predicted octanol–water partition coefficient (Wildman–Crippen LogP) is 7.34. The molecule has 2 heterocycles. The van der Waals surface area contributed by atoms with Gasteiger partial charge >= 0.3 is 5.97 Å². The maximum Gasteiger partial charge on any atom is 0.354 e. The minimum Gasteiger partial charge on any atom is -0.477 e. The minimum absolute atomic E-state index is 0. The van der Waals surface area contributed by atoms with Crippen molar-refractivity contribution in [3.8, 4) is 44.6 Å². The Kier molecular flexibility index (Phi) is 6.43. The zero-order chi connectivity index (χ0) is 26.5. The Morgan fingerprint density at radius 3 is 2.00 bits per heavy atom. The molecule has 193 valence electrons. The SMILES string of the molecule is O=C(O)c1ccccn1.O=C1c2cc(-c3cc4c5c(cccc5n3)-c3ccccc3-4)[c-]cc2-c2ccccc21.[Ir]. The van der Waals surface area contributed by atoms with Crippen molar-refractivity contribution in [3.63, 3.8) is 0 Å². The van der Waals surface area contributed by atoms with Crippen molar-refractivity contribution in [2.75, 3.05) is 0 Å². The van der Waals surface area contributed by atoms with Gasteiger partial charge in [-0.2, -0.15) is 0 Å². The molecule has 0 amide bonds. The van der Waals surface area contributed by atoms with Gasteiger partial charge in [-0.25, -0.2) is 9.78 Å². The maximum absolute atomic E-state index is 12.9. The van der Waals surface area contributed by atoms with Gasteiger partial charge in [-0.15, -0.1) is 23.8 Å². The predicted molar refractivity (Wildman–Crippen MR) is 151 cm³/mol. The third-order valence-corrected chi connectivity index (χ3v) is 7.16. The Morgan fingerprint density at radius 1 is 0.675 bits per heavy atom. The molecule has 0 aliphatic heterocycles. The molecule has 8 rings (SSSR count). The third-order valence-electron chi connectivity index (χ3n) is 7.16. The first kappa shape index (κ1) is 25.5. The van der Waals surface area contributed by atoms with Crippen LogP contribution >= 0.6 is 0 Å². The largest absolute Gasteiger partial charge is 0.477 e. The van der Waals surface area contributed by atoms with E-state index in [0.717, 1.165) is 39.0 Å². The molecule has 0 spiro atoms. The molecule has 0 saturated heterocycles. The molecule has 40 heavy (non-hydrogen) atoms. The smallest absolute Gasteiger partial charge is 0.354 e. The van der Waals surface area contributed by atoms with Crippen molar-refractivity contribution in [1.29, 1.82) is 0 Å². The number of hydrogen-bond acceptors (Lipinski definition) is 4. The number of fused-ring (bicyclic) bond motifs is 6. The summed E-state index contributed by atoms with van der Waals surface area (Å²) in [4.78, 5) is 31.6. The zero-order valence-corrected chi connectivity index (χ0v) is 23.3. The van der Waals surface area contributed by atoms with Gasteiger partial charge in [0, 0.05) is 37.3 Å². The van der Waals surface area contributed by atoms with E-state index in [2.05, 4.69) is 59.6 Å². The van der Waals surface area contributed by atoms with E-state index < -0.39 is 5.97 Å². The van der Waals surface area contributed by atoms with Gasteiger partial charge in [-0.1, -0.05) is 83.9 Å². The molecule has 2 aliphatic carbocycles. The first-order chi connectivity index (χ1) is 19.1. The van der Waals surface area contributed by atoms with Crippen LogP contribution in [0.15, 0.2) is 109 Å². The summed E-state index contributed by atoms with van der Waals surface area (Å²) in [5.41, 5.74) is 11.1. The molecule has 5 nitrogen and oxygen atoms in total. The van der Waals surface area contributed by atoms with E-state index in [1.54, 1.807) is 12.1 Å². The second-order valence-corrected chi connectivity index (χ2v) is 9.37. The van der Waals surface area contributed by atoms with Gasteiger partial charge in [0.1, 0.15) is 5.69 Å². The number of aromatic nitrogens is 2. The number of nitrogens with zero attached hydrogens (tertiary/aromatic N) is 2. The molecule has 2 aromatic heterocycles. The summed E-state index contributed by atoms with van der Waals surface area (Å²) in [5.74, 6) is -0.913. The number of carbonyl (C=O) groups is 2. The summed E-state index contributed by atoms with van der Waals surface area (Å²) in [7, 11) is 0. The number of carbonyl (C=O) groups excluding carboxylic acids is 1. The summed E-state index contributed by atoms with van der Waals surface area (Å²) in [6.07, 6.45) is 1.45. The summed E-state index contributed by atoms with van der Waals surface area (Å²) < 4.78 is 0. The first-order valence-corrected chi connectivity index (χ1v) is 12.5. The van der Waals surface area contributed by atoms with Crippen LogP contribution in [0, 0.1) is 6.07 Å². The normalized spacial score (nSPS) is 11.6. The maximum atomic E-state index is 12.9. The number of rotatable bonds is 2. The minimum atomic E-state index is -0.990. The molecule has 6 aromatic rings. The van der Waals surface area contributed by atoms with Crippen LogP contribution in [0.5, 0.6) is 0 Å². The van der Waals surface area contributed by atoms with Gasteiger partial charge in [0.2, 0.25) is 0 Å². The van der Waals surface area contributed by atoms with E-state index in [0.29, 0.717) is 0 Å². The van der Waals surface area contributed by atoms with Crippen LogP contribution in [-0.2, 0) is 20.1 Å². The van der Waals surface area contributed by atoms with Crippen LogP contribution in [0.4, 0.5) is 0 Å². The van der Waals surface area contributed by atoms with Gasteiger partial charge in [-0.3, -0.25) is 9.78 Å². The average molecular weight is 696 g/mol. The van der Waals surface area contributed by atoms with Gasteiger partial charge in [-0.05, 0) is 51.7 Å². The second-order valence-electron chi connectivity index (χ2n) is 9.37. The molecule has 0 fully saturated rings. The molecular weight excluding hydrogens is 677 g/mol. The number of hydrogen-bond donors (Lipinski definition) is 1. The Morgan fingerprint density at radius 2 is 1.32 bits per heavy atom. The standard InChI is InChI=1S/C28H14NO.C6H5NO2.Ir/c30-28-22-9-4-3-7-18(22)20-13-12-16(14-24(20)28)26-15-23-19-8-2-1-6-17(19)21-10-5-11-25(29-26)27(21)23;8-6(9)5-3-1-2-4-7-5;/h1-11,13-15H;1-4H,(H,8,9);/q-1;;. The second kappa shape index (κ2) is 10.1. The van der Waals surface area contributed by atoms with E-state index in [9.17, 15) is 9.59 Å². The van der Waals surface area contributed by atoms with E-state index in [1.807, 2.05) is 36.4 Å². The van der Waals surface area contributed by atoms with E-state index in [4.69, 9.17) is 10.1 Å². The van der Waals surface area contributed by atoms with Crippen molar-refractivity contribution in [3.05, 3.63) is 132 Å². The monoisotopic (exact) mass is 696 g/mol. The van der Waals surface area contributed by atoms with Crippen molar-refractivity contribution < 1.29 is 34.8 Å². The van der Waals surface area contributed by atoms with Crippen molar-refractivity contribution >= 4 is 22.7 Å². The van der Waals surface area contributed by atoms with Gasteiger partial charge < -0.3 is 5.11 Å². The Bertz CT molecular complexity index is 1970. The first-order valence-electron chi connectivity index (χ1n) is 12.5. The van der Waals surface area contributed by atoms with Gasteiger partial charge in [0.05, 0.1) is 5.52 Å². The van der Waals surface area contributed by atoms with Crippen molar-refractivity contribution in [1.82, 2.24) is 9.97 Å². The Labute approximate surface area is 243 Å². The van der Waals surface area contributed by atoms with E-state index in [1.165, 1.54) is 39.9 Å². The molecule has 1 N–H and O–H groups in total. The topological polar surface area (TPSA) is 80.1 Å². The Balaban J connectivity index is 0.000000250. The quantitative estimate of drug-likeness (QED) is 0.192. The summed E-state index contributed by atoms with van der Waals surface area (Å²) in [5, 5.41) is 9.52. The molecule has 0 unspecified atom stereocenters. The third kappa shape index (κ3) is 4.06. The fourth-order valence-electron chi connectivity index (χ4n) is 5.42. The van der Waals surface area contributed by atoms with Crippen molar-refractivity contribution in [2.24, 2.45) is 0 Å². The number of benzene rings is 4. The number of carboxylic acids is 1. The number of aromatic carboxylic acids is 1. The van der Waals surface area contributed by atoms with Crippen LogP contribution in [0.2, 0.25) is 0 Å². The fraction of sp³-hybridized carbons (Fsp3) is 0. The number of pyridine rings is 2. The van der Waals surface area contributed by atoms with Gasteiger partial charge in [0.15, 0.2) is 5.78 Å². The van der Waals surface area contributed by atoms with Crippen LogP contribution in [0.25, 0.3) is 55.5 Å². The van der Waals surface area contributed by atoms with Gasteiger partial charge in [0.25, 0.3) is 0 Å². The summed E-state index contributed by atoms with van der Waals surface area (Å²) in [6.45, 7) is 0. The number of carboxylic acid groups (broad SMARTS) is 1. The molecule has 1 radical (unpaired) electrons.